The zero-order chi connectivity index (χ0) is 30.5. The molecule has 0 unspecified atom stereocenters. The summed E-state index contributed by atoms with van der Waals surface area (Å²) in [6.45, 7) is 3.26. The molecule has 2 saturated heterocycles. The fourth-order valence-electron chi connectivity index (χ4n) is 5.84. The molecule has 9 nitrogen and oxygen atoms in total. The molecule has 2 aromatic carbocycles. The number of likely N-dealkylation sites (tertiary alicyclic amines) is 2. The van der Waals surface area contributed by atoms with Gasteiger partial charge in [-0.3, -0.25) is 14.6 Å². The summed E-state index contributed by atoms with van der Waals surface area (Å²) < 4.78 is 17.6. The first-order valence-corrected chi connectivity index (χ1v) is 15.7. The fourth-order valence-corrected chi connectivity index (χ4v) is 5.84. The van der Waals surface area contributed by atoms with E-state index in [1.54, 1.807) is 30.3 Å². The number of hydrogen-bond acceptors (Lipinski definition) is 7. The molecule has 3 aromatic rings. The highest BCUT2D eigenvalue weighted by Gasteiger charge is 2.33. The highest BCUT2D eigenvalue weighted by Crippen LogP contribution is 2.40. The zero-order valence-electron chi connectivity index (χ0n) is 25.3. The Balaban J connectivity index is 0.954. The lowest BCUT2D eigenvalue weighted by atomic mass is 9.91. The Morgan fingerprint density at radius 2 is 1.61 bits per heavy atom. The third kappa shape index (κ3) is 7.33. The van der Waals surface area contributed by atoms with Crippen LogP contribution in [-0.2, 0) is 11.4 Å². The van der Waals surface area contributed by atoms with Crippen LogP contribution in [0.15, 0.2) is 60.8 Å². The summed E-state index contributed by atoms with van der Waals surface area (Å²) in [7, 11) is 1.65. The van der Waals surface area contributed by atoms with Crippen LogP contribution in [0.3, 0.4) is 0 Å². The fraction of sp³-hybridized carbons (Fsp3) is 0.457. The van der Waals surface area contributed by atoms with Gasteiger partial charge in [-0.25, -0.2) is 0 Å². The van der Waals surface area contributed by atoms with Crippen molar-refractivity contribution in [1.82, 2.24) is 14.8 Å². The minimum Gasteiger partial charge on any atom is -0.493 e. The Kier molecular flexibility index (Phi) is 9.31. The van der Waals surface area contributed by atoms with Gasteiger partial charge >= 0.3 is 0 Å². The van der Waals surface area contributed by atoms with E-state index < -0.39 is 0 Å². The Morgan fingerprint density at radius 3 is 2.34 bits per heavy atom. The highest BCUT2D eigenvalue weighted by molar-refractivity contribution is 5.93. The molecule has 2 aliphatic heterocycles. The number of ether oxygens (including phenoxy) is 3. The number of aliphatic hydroxyl groups excluding tert-OH is 1. The molecule has 0 bridgehead atoms. The molecule has 2 amide bonds. The predicted octanol–water partition coefficient (Wildman–Crippen LogP) is 4.93. The summed E-state index contributed by atoms with van der Waals surface area (Å²) in [6.07, 6.45) is 6.13. The van der Waals surface area contributed by atoms with Crippen molar-refractivity contribution in [3.8, 4) is 17.2 Å². The van der Waals surface area contributed by atoms with Crippen LogP contribution in [0.1, 0.15) is 77.5 Å². The van der Waals surface area contributed by atoms with Crippen molar-refractivity contribution in [1.29, 1.82) is 0 Å². The average Bonchev–Trinajstić information content (AvgIpc) is 3.88. The summed E-state index contributed by atoms with van der Waals surface area (Å²) in [6, 6.07) is 18.1. The maximum absolute atomic E-state index is 13.1. The molecular formula is C35H41N3O6. The molecule has 6 rings (SSSR count). The van der Waals surface area contributed by atoms with Gasteiger partial charge < -0.3 is 29.1 Å². The number of nitrogens with zero attached hydrogens (tertiary/aromatic N) is 3. The predicted molar refractivity (Wildman–Crippen MR) is 165 cm³/mol. The molecular weight excluding hydrogens is 558 g/mol. The minimum atomic E-state index is -0.297. The first kappa shape index (κ1) is 29.9. The van der Waals surface area contributed by atoms with E-state index in [0.717, 1.165) is 17.0 Å². The van der Waals surface area contributed by atoms with Crippen molar-refractivity contribution in [2.75, 3.05) is 39.9 Å². The van der Waals surface area contributed by atoms with E-state index in [9.17, 15) is 14.7 Å². The molecule has 3 aliphatic rings. The van der Waals surface area contributed by atoms with Crippen LogP contribution in [-0.4, -0.2) is 77.7 Å². The number of piperidine rings is 1. The third-order valence-electron chi connectivity index (χ3n) is 8.82. The van der Waals surface area contributed by atoms with Crippen molar-refractivity contribution in [3.63, 3.8) is 0 Å². The number of hydrogen-bond donors (Lipinski definition) is 1. The summed E-state index contributed by atoms with van der Waals surface area (Å²) in [5, 5.41) is 9.62. The van der Waals surface area contributed by atoms with Gasteiger partial charge in [-0.05, 0) is 72.9 Å². The standard InChI is InChI=1S/C35H41N3O6/c1-42-33-19-27(10-11-32(33)44-23-24-4-6-25(7-5-24)26-8-9-26)28-21-38(22-28)35(41)31-20-30(12-15-36-31)43-18-2-3-34(40)37-16-13-29(39)14-17-37/h4-7,10-12,15,19-20,26,28-29,39H,2-3,8-9,13-14,16-18,21-23H2,1H3. The van der Waals surface area contributed by atoms with Gasteiger partial charge in [0.2, 0.25) is 5.91 Å². The van der Waals surface area contributed by atoms with Gasteiger partial charge in [0.05, 0.1) is 19.8 Å². The summed E-state index contributed by atoms with van der Waals surface area (Å²) in [5.74, 6) is 2.86. The minimum absolute atomic E-state index is 0.0902. The van der Waals surface area contributed by atoms with Gasteiger partial charge in [-0.2, -0.15) is 0 Å². The maximum atomic E-state index is 13.1. The summed E-state index contributed by atoms with van der Waals surface area (Å²) in [4.78, 5) is 33.4. The second-order valence-electron chi connectivity index (χ2n) is 12.1. The first-order chi connectivity index (χ1) is 21.5. The largest absolute Gasteiger partial charge is 0.493 e. The van der Waals surface area contributed by atoms with Gasteiger partial charge in [0, 0.05) is 50.8 Å². The van der Waals surface area contributed by atoms with Crippen molar-refractivity contribution < 1.29 is 28.9 Å². The maximum Gasteiger partial charge on any atom is 0.272 e. The second kappa shape index (κ2) is 13.7. The molecule has 232 valence electrons. The molecule has 3 heterocycles. The zero-order valence-corrected chi connectivity index (χ0v) is 25.3. The molecule has 1 aliphatic carbocycles. The Labute approximate surface area is 258 Å². The SMILES string of the molecule is COc1cc(C2CN(C(=O)c3cc(OCCCC(=O)N4CCC(O)CC4)ccn3)C2)ccc1OCc1ccc(C2CC2)cc1. The monoisotopic (exact) mass is 599 g/mol. The Morgan fingerprint density at radius 1 is 0.864 bits per heavy atom. The molecule has 44 heavy (non-hydrogen) atoms. The molecule has 3 fully saturated rings. The van der Waals surface area contributed by atoms with E-state index in [1.165, 1.54) is 18.4 Å². The first-order valence-electron chi connectivity index (χ1n) is 15.7. The number of amides is 2. The average molecular weight is 600 g/mol. The molecule has 0 radical (unpaired) electrons. The van der Waals surface area contributed by atoms with Crippen molar-refractivity contribution in [3.05, 3.63) is 83.2 Å². The van der Waals surface area contributed by atoms with Gasteiger partial charge in [0.1, 0.15) is 18.1 Å². The lowest BCUT2D eigenvalue weighted by molar-refractivity contribution is -0.133. The van der Waals surface area contributed by atoms with E-state index in [2.05, 4.69) is 29.2 Å². The van der Waals surface area contributed by atoms with E-state index in [0.29, 0.717) is 88.0 Å². The van der Waals surface area contributed by atoms with Crippen molar-refractivity contribution in [2.45, 2.75) is 63.1 Å². The van der Waals surface area contributed by atoms with Crippen LogP contribution in [0.4, 0.5) is 0 Å². The number of aromatic nitrogens is 1. The molecule has 1 N–H and O–H groups in total. The van der Waals surface area contributed by atoms with Crippen LogP contribution >= 0.6 is 0 Å². The number of rotatable bonds is 12. The van der Waals surface area contributed by atoms with Gasteiger partial charge in [0.25, 0.3) is 5.91 Å². The molecule has 0 atom stereocenters. The van der Waals surface area contributed by atoms with E-state index in [-0.39, 0.29) is 23.8 Å². The number of benzene rings is 2. The van der Waals surface area contributed by atoms with Gasteiger partial charge in [0.15, 0.2) is 11.5 Å². The van der Waals surface area contributed by atoms with Crippen LogP contribution < -0.4 is 14.2 Å². The summed E-state index contributed by atoms with van der Waals surface area (Å²) in [5.41, 5.74) is 3.99. The van der Waals surface area contributed by atoms with E-state index in [4.69, 9.17) is 14.2 Å². The topological polar surface area (TPSA) is 101 Å². The molecule has 1 aromatic heterocycles. The van der Waals surface area contributed by atoms with Crippen LogP contribution in [0.5, 0.6) is 17.2 Å². The smallest absolute Gasteiger partial charge is 0.272 e. The summed E-state index contributed by atoms with van der Waals surface area (Å²) >= 11 is 0. The van der Waals surface area contributed by atoms with Crippen LogP contribution in [0.2, 0.25) is 0 Å². The molecule has 0 spiro atoms. The van der Waals surface area contributed by atoms with Crippen LogP contribution in [0.25, 0.3) is 0 Å². The number of methoxy groups -OCH3 is 1. The number of pyridine rings is 1. The quantitative estimate of drug-likeness (QED) is 0.295. The Bertz CT molecular complexity index is 1440. The lowest BCUT2D eigenvalue weighted by Gasteiger charge is -2.39. The van der Waals surface area contributed by atoms with E-state index in [1.807, 2.05) is 23.1 Å². The highest BCUT2D eigenvalue weighted by atomic mass is 16.5. The van der Waals surface area contributed by atoms with Crippen molar-refractivity contribution in [2.24, 2.45) is 0 Å². The number of carbonyl (C=O) groups is 2. The van der Waals surface area contributed by atoms with Gasteiger partial charge in [-0.15, -0.1) is 0 Å². The second-order valence-corrected chi connectivity index (χ2v) is 12.1. The van der Waals surface area contributed by atoms with Crippen molar-refractivity contribution >= 4 is 11.8 Å². The third-order valence-corrected chi connectivity index (χ3v) is 8.82. The van der Waals surface area contributed by atoms with Crippen LogP contribution in [0, 0.1) is 0 Å². The Hall–Kier alpha value is -4.11. The molecule has 1 saturated carbocycles. The number of aliphatic hydroxyl groups is 1. The molecule has 9 heteroatoms. The van der Waals surface area contributed by atoms with E-state index >= 15 is 0 Å². The number of carbonyl (C=O) groups excluding carboxylic acids is 2. The normalized spacial score (nSPS) is 17.2. The van der Waals surface area contributed by atoms with Gasteiger partial charge in [-0.1, -0.05) is 30.3 Å². The lowest BCUT2D eigenvalue weighted by Crippen LogP contribution is -2.48.